The van der Waals surface area contributed by atoms with Crippen molar-refractivity contribution >= 4 is 0 Å². The van der Waals surface area contributed by atoms with E-state index < -0.39 is 0 Å². The number of unbranched alkanes of at least 4 members (excludes halogenated alkanes) is 1. The van der Waals surface area contributed by atoms with Gasteiger partial charge < -0.3 is 5.32 Å². The van der Waals surface area contributed by atoms with Crippen LogP contribution in [-0.4, -0.2) is 6.04 Å². The molecular weight excluding hydrogens is 201 g/mol. The van der Waals surface area contributed by atoms with Gasteiger partial charge in [0.2, 0.25) is 0 Å². The fraction of sp³-hybridized carbons (Fsp3) is 0.429. The van der Waals surface area contributed by atoms with E-state index in [9.17, 15) is 4.39 Å². The molecule has 0 aliphatic rings. The fourth-order valence-corrected chi connectivity index (χ4v) is 1.61. The van der Waals surface area contributed by atoms with Crippen LogP contribution in [0, 0.1) is 5.82 Å². The van der Waals surface area contributed by atoms with Crippen molar-refractivity contribution in [3.8, 4) is 0 Å². The van der Waals surface area contributed by atoms with Crippen LogP contribution in [0.5, 0.6) is 0 Å². The molecule has 1 N–H and O–H groups in total. The lowest BCUT2D eigenvalue weighted by Gasteiger charge is -2.13. The van der Waals surface area contributed by atoms with Crippen molar-refractivity contribution in [1.82, 2.24) is 5.32 Å². The highest BCUT2D eigenvalue weighted by Gasteiger charge is 2.01. The van der Waals surface area contributed by atoms with Crippen molar-refractivity contribution in [2.75, 3.05) is 0 Å². The summed E-state index contributed by atoms with van der Waals surface area (Å²) in [7, 11) is 0. The second-order valence-electron chi connectivity index (χ2n) is 4.13. The molecule has 1 rings (SSSR count). The van der Waals surface area contributed by atoms with Gasteiger partial charge in [0.15, 0.2) is 0 Å². The maximum Gasteiger partial charge on any atom is 0.123 e. The Balaban J connectivity index is 2.25. The topological polar surface area (TPSA) is 12.0 Å². The van der Waals surface area contributed by atoms with E-state index in [1.54, 1.807) is 12.1 Å². The predicted octanol–water partition coefficient (Wildman–Crippen LogP) is 3.66. The molecule has 88 valence electrons. The minimum absolute atomic E-state index is 0.168. The molecule has 0 aliphatic carbocycles. The van der Waals surface area contributed by atoms with Crippen molar-refractivity contribution in [3.05, 3.63) is 48.3 Å². The molecule has 0 aliphatic heterocycles. The summed E-state index contributed by atoms with van der Waals surface area (Å²) in [5, 5.41) is 3.38. The van der Waals surface area contributed by atoms with Gasteiger partial charge in [0.25, 0.3) is 0 Å². The molecule has 1 atom stereocenters. The Morgan fingerprint density at radius 3 is 3.00 bits per heavy atom. The maximum atomic E-state index is 12.9. The van der Waals surface area contributed by atoms with E-state index in [1.165, 1.54) is 6.07 Å². The summed E-state index contributed by atoms with van der Waals surface area (Å²) in [6, 6.07) is 7.19. The lowest BCUT2D eigenvalue weighted by atomic mass is 10.1. The standard InChI is InChI=1S/C14H20FN/c1-3-4-5-7-12(2)16-11-13-8-6-9-14(15)10-13/h3,6,8-10,12,16H,1,4-5,7,11H2,2H3. The van der Waals surface area contributed by atoms with Gasteiger partial charge in [0.05, 0.1) is 0 Å². The minimum atomic E-state index is -0.168. The van der Waals surface area contributed by atoms with E-state index in [-0.39, 0.29) is 5.82 Å². The Labute approximate surface area is 97.4 Å². The van der Waals surface area contributed by atoms with E-state index >= 15 is 0 Å². The zero-order chi connectivity index (χ0) is 11.8. The van der Waals surface area contributed by atoms with Crippen LogP contribution in [0.3, 0.4) is 0 Å². The molecule has 0 radical (unpaired) electrons. The van der Waals surface area contributed by atoms with Gasteiger partial charge in [0.1, 0.15) is 5.82 Å². The zero-order valence-electron chi connectivity index (χ0n) is 9.88. The number of hydrogen-bond acceptors (Lipinski definition) is 1. The van der Waals surface area contributed by atoms with Gasteiger partial charge in [-0.05, 0) is 43.9 Å². The number of hydrogen-bond donors (Lipinski definition) is 1. The summed E-state index contributed by atoms with van der Waals surface area (Å²) >= 11 is 0. The Bertz CT molecular complexity index is 322. The lowest BCUT2D eigenvalue weighted by molar-refractivity contribution is 0.499. The summed E-state index contributed by atoms with van der Waals surface area (Å²) in [4.78, 5) is 0. The molecular formula is C14H20FN. The number of nitrogens with one attached hydrogen (secondary N) is 1. The first-order valence-electron chi connectivity index (χ1n) is 5.81. The third-order valence-electron chi connectivity index (χ3n) is 2.59. The monoisotopic (exact) mass is 221 g/mol. The first kappa shape index (κ1) is 12.9. The van der Waals surface area contributed by atoms with Crippen molar-refractivity contribution in [2.24, 2.45) is 0 Å². The van der Waals surface area contributed by atoms with Crippen molar-refractivity contribution in [3.63, 3.8) is 0 Å². The van der Waals surface area contributed by atoms with Crippen LogP contribution >= 0.6 is 0 Å². The molecule has 1 unspecified atom stereocenters. The van der Waals surface area contributed by atoms with Gasteiger partial charge in [-0.2, -0.15) is 0 Å². The highest BCUT2D eigenvalue weighted by atomic mass is 19.1. The summed E-state index contributed by atoms with van der Waals surface area (Å²) in [6.07, 6.45) is 5.29. The van der Waals surface area contributed by atoms with Crippen LogP contribution in [0.1, 0.15) is 31.7 Å². The van der Waals surface area contributed by atoms with Crippen LogP contribution in [0.2, 0.25) is 0 Å². The van der Waals surface area contributed by atoms with Crippen molar-refractivity contribution < 1.29 is 4.39 Å². The van der Waals surface area contributed by atoms with Gasteiger partial charge in [-0.25, -0.2) is 4.39 Å². The van der Waals surface area contributed by atoms with E-state index in [2.05, 4.69) is 18.8 Å². The van der Waals surface area contributed by atoms with E-state index in [0.29, 0.717) is 6.04 Å². The van der Waals surface area contributed by atoms with Crippen LogP contribution in [-0.2, 0) is 6.54 Å². The average Bonchev–Trinajstić information content (AvgIpc) is 2.27. The third-order valence-corrected chi connectivity index (χ3v) is 2.59. The first-order valence-corrected chi connectivity index (χ1v) is 5.81. The van der Waals surface area contributed by atoms with E-state index in [4.69, 9.17) is 0 Å². The van der Waals surface area contributed by atoms with E-state index in [0.717, 1.165) is 31.4 Å². The minimum Gasteiger partial charge on any atom is -0.310 e. The normalized spacial score (nSPS) is 12.4. The zero-order valence-corrected chi connectivity index (χ0v) is 9.88. The second-order valence-corrected chi connectivity index (χ2v) is 4.13. The number of rotatable bonds is 7. The smallest absolute Gasteiger partial charge is 0.123 e. The Hall–Kier alpha value is -1.15. The first-order chi connectivity index (χ1) is 7.72. The molecule has 0 saturated heterocycles. The van der Waals surface area contributed by atoms with Crippen LogP contribution in [0.15, 0.2) is 36.9 Å². The second kappa shape index (κ2) is 7.18. The SMILES string of the molecule is C=CCCCC(C)NCc1cccc(F)c1. The molecule has 1 nitrogen and oxygen atoms in total. The highest BCUT2D eigenvalue weighted by molar-refractivity contribution is 5.15. The number of benzene rings is 1. The predicted molar refractivity (Wildman–Crippen MR) is 66.7 cm³/mol. The Morgan fingerprint density at radius 1 is 1.50 bits per heavy atom. The molecule has 16 heavy (non-hydrogen) atoms. The van der Waals surface area contributed by atoms with Crippen LogP contribution < -0.4 is 5.32 Å². The maximum absolute atomic E-state index is 12.9. The molecule has 0 heterocycles. The van der Waals surface area contributed by atoms with Gasteiger partial charge >= 0.3 is 0 Å². The fourth-order valence-electron chi connectivity index (χ4n) is 1.61. The van der Waals surface area contributed by atoms with Gasteiger partial charge in [-0.3, -0.25) is 0 Å². The molecule has 1 aromatic rings. The van der Waals surface area contributed by atoms with Crippen LogP contribution in [0.4, 0.5) is 4.39 Å². The van der Waals surface area contributed by atoms with Gasteiger partial charge in [-0.15, -0.1) is 6.58 Å². The molecule has 0 amide bonds. The highest BCUT2D eigenvalue weighted by Crippen LogP contribution is 2.05. The summed E-state index contributed by atoms with van der Waals surface area (Å²) in [6.45, 7) is 6.58. The number of halogens is 1. The van der Waals surface area contributed by atoms with Crippen molar-refractivity contribution in [1.29, 1.82) is 0 Å². The van der Waals surface area contributed by atoms with Crippen LogP contribution in [0.25, 0.3) is 0 Å². The summed E-state index contributed by atoms with van der Waals surface area (Å²) in [5.41, 5.74) is 0.996. The molecule has 0 spiro atoms. The van der Waals surface area contributed by atoms with E-state index in [1.807, 2.05) is 12.1 Å². The molecule has 0 bridgehead atoms. The average molecular weight is 221 g/mol. The molecule has 0 saturated carbocycles. The molecule has 0 fully saturated rings. The molecule has 0 aromatic heterocycles. The van der Waals surface area contributed by atoms with Gasteiger partial charge in [-0.1, -0.05) is 18.2 Å². The quantitative estimate of drug-likeness (QED) is 0.547. The number of allylic oxidation sites excluding steroid dienone is 1. The summed E-state index contributed by atoms with van der Waals surface area (Å²) in [5.74, 6) is -0.168. The van der Waals surface area contributed by atoms with Crippen molar-refractivity contribution in [2.45, 2.75) is 38.8 Å². The largest absolute Gasteiger partial charge is 0.310 e. The third kappa shape index (κ3) is 5.08. The lowest BCUT2D eigenvalue weighted by Crippen LogP contribution is -2.25. The summed E-state index contributed by atoms with van der Waals surface area (Å²) < 4.78 is 12.9. The Morgan fingerprint density at radius 2 is 2.31 bits per heavy atom. The Kier molecular flexibility index (Phi) is 5.79. The molecule has 2 heteroatoms. The van der Waals surface area contributed by atoms with Gasteiger partial charge in [0, 0.05) is 12.6 Å². The molecule has 1 aromatic carbocycles.